The molecule has 1 aliphatic rings. The number of rotatable bonds is 13. The van der Waals surface area contributed by atoms with Gasteiger partial charge in [-0.25, -0.2) is 8.42 Å². The number of hydrogen-bond donors (Lipinski definition) is 1. The fraction of sp³-hybridized carbons (Fsp3) is 0.412. The Morgan fingerprint density at radius 3 is 2.26 bits per heavy atom. The van der Waals surface area contributed by atoms with E-state index in [1.54, 1.807) is 29.2 Å². The number of carbonyl (C=O) groups excluding carboxylic acids is 2. The molecule has 4 rings (SSSR count). The van der Waals surface area contributed by atoms with Crippen LogP contribution in [0.4, 0.5) is 5.69 Å². The van der Waals surface area contributed by atoms with Crippen LogP contribution in [0.1, 0.15) is 55.7 Å². The lowest BCUT2D eigenvalue weighted by Crippen LogP contribution is -2.55. The van der Waals surface area contributed by atoms with Crippen molar-refractivity contribution in [2.75, 3.05) is 23.7 Å². The SMILES string of the molecule is CCOc1ccccc1N(CC(=O)N(Cc1ccccc1C)C(Cc1ccccc1)C(=O)NC1CCCCC1)S(C)(=O)=O. The molecule has 1 fully saturated rings. The molecule has 1 aliphatic carbocycles. The fourth-order valence-corrected chi connectivity index (χ4v) is 6.46. The number of anilines is 1. The van der Waals surface area contributed by atoms with Crippen LogP contribution in [0.3, 0.4) is 0 Å². The standard InChI is InChI=1S/C34H43N3O5S/c1-4-42-32-22-14-13-21-30(32)37(43(3,40)41)25-33(38)36(24-28-18-12-11-15-26(28)2)31(23-27-16-7-5-8-17-27)34(39)35-29-19-9-6-10-20-29/h5,7-8,11-18,21-22,29,31H,4,6,9-10,19-20,23-25H2,1-3H3,(H,35,39). The van der Waals surface area contributed by atoms with E-state index in [9.17, 15) is 18.0 Å². The first-order valence-electron chi connectivity index (χ1n) is 15.0. The summed E-state index contributed by atoms with van der Waals surface area (Å²) in [4.78, 5) is 30.0. The number of para-hydroxylation sites is 2. The van der Waals surface area contributed by atoms with Crippen LogP contribution in [0.25, 0.3) is 0 Å². The third kappa shape index (κ3) is 8.83. The molecule has 0 bridgehead atoms. The third-order valence-electron chi connectivity index (χ3n) is 7.94. The summed E-state index contributed by atoms with van der Waals surface area (Å²) in [5.41, 5.74) is 3.06. The minimum absolute atomic E-state index is 0.0560. The molecule has 1 atom stereocenters. The predicted molar refractivity (Wildman–Crippen MR) is 170 cm³/mol. The number of carbonyl (C=O) groups is 2. The Balaban J connectivity index is 1.75. The number of nitrogens with zero attached hydrogens (tertiary/aromatic N) is 2. The number of sulfonamides is 1. The molecule has 1 saturated carbocycles. The highest BCUT2D eigenvalue weighted by atomic mass is 32.2. The van der Waals surface area contributed by atoms with Gasteiger partial charge in [-0.1, -0.05) is 86.0 Å². The fourth-order valence-electron chi connectivity index (χ4n) is 5.60. The second kappa shape index (κ2) is 15.0. The second-order valence-corrected chi connectivity index (χ2v) is 13.1. The van der Waals surface area contributed by atoms with Gasteiger partial charge in [-0.15, -0.1) is 0 Å². The van der Waals surface area contributed by atoms with Crippen LogP contribution >= 0.6 is 0 Å². The summed E-state index contributed by atoms with van der Waals surface area (Å²) in [5.74, 6) is -0.331. The van der Waals surface area contributed by atoms with E-state index < -0.39 is 28.5 Å². The summed E-state index contributed by atoms with van der Waals surface area (Å²) in [5, 5.41) is 3.23. The lowest BCUT2D eigenvalue weighted by Gasteiger charge is -2.35. The summed E-state index contributed by atoms with van der Waals surface area (Å²) >= 11 is 0. The van der Waals surface area contributed by atoms with Gasteiger partial charge in [0.05, 0.1) is 18.6 Å². The zero-order valence-electron chi connectivity index (χ0n) is 25.4. The first kappa shape index (κ1) is 32.1. The molecule has 8 nitrogen and oxygen atoms in total. The maximum Gasteiger partial charge on any atom is 0.244 e. The van der Waals surface area contributed by atoms with Crippen molar-refractivity contribution in [2.24, 2.45) is 0 Å². The second-order valence-electron chi connectivity index (χ2n) is 11.2. The number of amides is 2. The summed E-state index contributed by atoms with van der Waals surface area (Å²) in [6, 6.07) is 23.3. The topological polar surface area (TPSA) is 96.0 Å². The Morgan fingerprint density at radius 1 is 0.930 bits per heavy atom. The highest BCUT2D eigenvalue weighted by Gasteiger charge is 2.34. The average molecular weight is 606 g/mol. The van der Waals surface area contributed by atoms with E-state index in [4.69, 9.17) is 4.74 Å². The zero-order valence-corrected chi connectivity index (χ0v) is 26.2. The number of ether oxygens (including phenoxy) is 1. The third-order valence-corrected chi connectivity index (χ3v) is 9.06. The van der Waals surface area contributed by atoms with Gasteiger partial charge in [0, 0.05) is 19.0 Å². The van der Waals surface area contributed by atoms with Gasteiger partial charge in [-0.2, -0.15) is 0 Å². The Hall–Kier alpha value is -3.85. The summed E-state index contributed by atoms with van der Waals surface area (Å²) < 4.78 is 33.1. The van der Waals surface area contributed by atoms with Crippen LogP contribution in [0.15, 0.2) is 78.9 Å². The minimum Gasteiger partial charge on any atom is -0.492 e. The molecule has 43 heavy (non-hydrogen) atoms. The van der Waals surface area contributed by atoms with Crippen molar-refractivity contribution in [1.82, 2.24) is 10.2 Å². The molecule has 1 unspecified atom stereocenters. The molecule has 1 N–H and O–H groups in total. The van der Waals surface area contributed by atoms with Crippen LogP contribution < -0.4 is 14.4 Å². The monoisotopic (exact) mass is 605 g/mol. The van der Waals surface area contributed by atoms with E-state index in [2.05, 4.69) is 5.32 Å². The van der Waals surface area contributed by atoms with Gasteiger partial charge < -0.3 is 15.0 Å². The van der Waals surface area contributed by atoms with Crippen molar-refractivity contribution < 1.29 is 22.7 Å². The van der Waals surface area contributed by atoms with Crippen molar-refractivity contribution in [1.29, 1.82) is 0 Å². The van der Waals surface area contributed by atoms with Crippen molar-refractivity contribution in [3.05, 3.63) is 95.6 Å². The molecule has 0 radical (unpaired) electrons. The molecule has 0 aliphatic heterocycles. The van der Waals surface area contributed by atoms with E-state index in [-0.39, 0.29) is 24.2 Å². The van der Waals surface area contributed by atoms with Crippen molar-refractivity contribution in [2.45, 2.75) is 71.0 Å². The molecule has 0 heterocycles. The Labute approximate surface area is 256 Å². The van der Waals surface area contributed by atoms with Crippen LogP contribution in [-0.2, 0) is 32.6 Å². The average Bonchev–Trinajstić information content (AvgIpc) is 2.99. The lowest BCUT2D eigenvalue weighted by molar-refractivity contribution is -0.140. The quantitative estimate of drug-likeness (QED) is 0.287. The Morgan fingerprint density at radius 2 is 1.58 bits per heavy atom. The summed E-state index contributed by atoms with van der Waals surface area (Å²) in [6.45, 7) is 3.80. The van der Waals surface area contributed by atoms with Crippen LogP contribution in [0.5, 0.6) is 5.75 Å². The minimum atomic E-state index is -3.89. The number of aryl methyl sites for hydroxylation is 1. The highest BCUT2D eigenvalue weighted by molar-refractivity contribution is 7.92. The van der Waals surface area contributed by atoms with Gasteiger partial charge in [0.1, 0.15) is 18.3 Å². The first-order valence-corrected chi connectivity index (χ1v) is 16.9. The normalized spacial score (nSPS) is 14.5. The molecule has 0 aromatic heterocycles. The van der Waals surface area contributed by atoms with E-state index >= 15 is 0 Å². The molecule has 2 amide bonds. The number of nitrogens with one attached hydrogen (secondary N) is 1. The van der Waals surface area contributed by atoms with Crippen molar-refractivity contribution in [3.8, 4) is 5.75 Å². The molecule has 0 spiro atoms. The van der Waals surface area contributed by atoms with E-state index in [0.717, 1.165) is 59.4 Å². The van der Waals surface area contributed by atoms with E-state index in [1.165, 1.54) is 0 Å². The smallest absolute Gasteiger partial charge is 0.244 e. The van der Waals surface area contributed by atoms with Gasteiger partial charge in [-0.3, -0.25) is 13.9 Å². The number of hydrogen-bond acceptors (Lipinski definition) is 5. The van der Waals surface area contributed by atoms with Crippen molar-refractivity contribution in [3.63, 3.8) is 0 Å². The van der Waals surface area contributed by atoms with Gasteiger partial charge in [0.2, 0.25) is 21.8 Å². The van der Waals surface area contributed by atoms with E-state index in [1.807, 2.05) is 68.4 Å². The largest absolute Gasteiger partial charge is 0.492 e. The Bertz CT molecular complexity index is 1470. The van der Waals surface area contributed by atoms with Crippen LogP contribution in [-0.4, -0.2) is 56.6 Å². The summed E-state index contributed by atoms with van der Waals surface area (Å²) in [7, 11) is -3.89. The van der Waals surface area contributed by atoms with Crippen molar-refractivity contribution >= 4 is 27.5 Å². The van der Waals surface area contributed by atoms with E-state index in [0.29, 0.717) is 18.8 Å². The lowest BCUT2D eigenvalue weighted by atomic mass is 9.94. The Kier molecular flexibility index (Phi) is 11.2. The first-order chi connectivity index (χ1) is 20.7. The maximum atomic E-state index is 14.4. The zero-order chi connectivity index (χ0) is 30.8. The highest BCUT2D eigenvalue weighted by Crippen LogP contribution is 2.30. The molecule has 3 aromatic rings. The van der Waals surface area contributed by atoms with Crippen LogP contribution in [0, 0.1) is 6.92 Å². The maximum absolute atomic E-state index is 14.4. The van der Waals surface area contributed by atoms with Gasteiger partial charge in [0.25, 0.3) is 0 Å². The van der Waals surface area contributed by atoms with Gasteiger partial charge in [-0.05, 0) is 55.5 Å². The predicted octanol–water partition coefficient (Wildman–Crippen LogP) is 5.25. The van der Waals surface area contributed by atoms with Crippen LogP contribution in [0.2, 0.25) is 0 Å². The number of benzene rings is 3. The van der Waals surface area contributed by atoms with Gasteiger partial charge in [0.15, 0.2) is 0 Å². The van der Waals surface area contributed by atoms with Gasteiger partial charge >= 0.3 is 0 Å². The molecule has 0 saturated heterocycles. The molecule has 3 aromatic carbocycles. The molecular formula is C34H43N3O5S. The molecule has 9 heteroatoms. The molecular weight excluding hydrogens is 562 g/mol. The molecule has 230 valence electrons. The summed E-state index contributed by atoms with van der Waals surface area (Å²) in [6.07, 6.45) is 6.46.